The van der Waals surface area contributed by atoms with Crippen molar-refractivity contribution in [2.24, 2.45) is 5.92 Å². The Labute approximate surface area is 89.8 Å². The Morgan fingerprint density at radius 2 is 2.00 bits per heavy atom. The summed E-state index contributed by atoms with van der Waals surface area (Å²) in [4.78, 5) is 21.1. The Bertz CT molecular complexity index is 192. The molecule has 0 spiro atoms. The van der Waals surface area contributed by atoms with Crippen molar-refractivity contribution in [3.8, 4) is 0 Å². The predicted molar refractivity (Wildman–Crippen MR) is 55.1 cm³/mol. The van der Waals surface area contributed by atoms with E-state index in [9.17, 15) is 9.59 Å². The Balaban J connectivity index is 3.71. The summed E-state index contributed by atoms with van der Waals surface area (Å²) in [6.45, 7) is 4.45. The molecule has 0 aliphatic rings. The normalized spacial score (nSPS) is 12.2. The quantitative estimate of drug-likeness (QED) is 0.376. The van der Waals surface area contributed by atoms with Gasteiger partial charge >= 0.3 is 11.2 Å². The van der Waals surface area contributed by atoms with E-state index in [1.807, 2.05) is 6.92 Å². The van der Waals surface area contributed by atoms with Crippen molar-refractivity contribution < 1.29 is 14.3 Å². The summed E-state index contributed by atoms with van der Waals surface area (Å²) in [5, 5.41) is -1.05. The van der Waals surface area contributed by atoms with Crippen LogP contribution in [0.5, 0.6) is 0 Å². The third kappa shape index (κ3) is 5.97. The average Bonchev–Trinajstić information content (AvgIpc) is 2.17. The summed E-state index contributed by atoms with van der Waals surface area (Å²) in [6.07, 6.45) is 4.21. The molecule has 14 heavy (non-hydrogen) atoms. The van der Waals surface area contributed by atoms with Gasteiger partial charge in [-0.1, -0.05) is 33.1 Å². The summed E-state index contributed by atoms with van der Waals surface area (Å²) >= 11 is 4.95. The van der Waals surface area contributed by atoms with E-state index in [1.165, 1.54) is 0 Å². The minimum absolute atomic E-state index is 0.299. The van der Waals surface area contributed by atoms with E-state index >= 15 is 0 Å². The lowest BCUT2D eigenvalue weighted by atomic mass is 10.0. The van der Waals surface area contributed by atoms with E-state index in [-0.39, 0.29) is 0 Å². The number of carbonyl (C=O) groups excluding carboxylic acids is 2. The van der Waals surface area contributed by atoms with Gasteiger partial charge < -0.3 is 4.74 Å². The number of carbonyl (C=O) groups is 2. The largest absolute Gasteiger partial charge is 0.459 e. The molecular formula is C10H17ClO3. The second-order valence-corrected chi connectivity index (χ2v) is 3.63. The second-order valence-electron chi connectivity index (χ2n) is 3.29. The lowest BCUT2D eigenvalue weighted by Gasteiger charge is -2.13. The standard InChI is InChI=1S/C10H17ClO3/c1-3-5-6-8(4-2)7-14-10(13)9(11)12/h8H,3-7H2,1-2H3. The van der Waals surface area contributed by atoms with Crippen molar-refractivity contribution in [3.05, 3.63) is 0 Å². The lowest BCUT2D eigenvalue weighted by Crippen LogP contribution is -2.17. The van der Waals surface area contributed by atoms with E-state index in [0.717, 1.165) is 25.7 Å². The van der Waals surface area contributed by atoms with Gasteiger partial charge in [0.15, 0.2) is 0 Å². The number of hydrogen-bond donors (Lipinski definition) is 0. The van der Waals surface area contributed by atoms with Crippen molar-refractivity contribution in [2.75, 3.05) is 6.61 Å². The molecule has 0 saturated heterocycles. The van der Waals surface area contributed by atoms with Crippen molar-refractivity contribution in [1.29, 1.82) is 0 Å². The Morgan fingerprint density at radius 1 is 1.36 bits per heavy atom. The minimum Gasteiger partial charge on any atom is -0.459 e. The van der Waals surface area contributed by atoms with Crippen LogP contribution in [0.15, 0.2) is 0 Å². The fourth-order valence-corrected chi connectivity index (χ4v) is 1.20. The average molecular weight is 221 g/mol. The molecule has 0 N–H and O–H groups in total. The van der Waals surface area contributed by atoms with Gasteiger partial charge in [0.2, 0.25) is 0 Å². The van der Waals surface area contributed by atoms with Crippen LogP contribution in [0, 0.1) is 5.92 Å². The van der Waals surface area contributed by atoms with E-state index in [2.05, 4.69) is 6.92 Å². The highest BCUT2D eigenvalue weighted by atomic mass is 35.5. The highest BCUT2D eigenvalue weighted by Crippen LogP contribution is 2.12. The predicted octanol–water partition coefficient (Wildman–Crippen LogP) is 2.51. The molecule has 0 saturated carbocycles. The van der Waals surface area contributed by atoms with Crippen LogP contribution in [0.2, 0.25) is 0 Å². The molecule has 82 valence electrons. The number of rotatable bonds is 7. The Hall–Kier alpha value is -0.570. The van der Waals surface area contributed by atoms with E-state index in [1.54, 1.807) is 0 Å². The number of ether oxygens (including phenoxy) is 1. The van der Waals surface area contributed by atoms with Crippen molar-refractivity contribution in [2.45, 2.75) is 39.5 Å². The van der Waals surface area contributed by atoms with Gasteiger partial charge in [-0.15, -0.1) is 0 Å². The Kier molecular flexibility index (Phi) is 7.48. The summed E-state index contributed by atoms with van der Waals surface area (Å²) in [7, 11) is 0. The molecular weight excluding hydrogens is 204 g/mol. The first-order valence-corrected chi connectivity index (χ1v) is 5.36. The number of unbranched alkanes of at least 4 members (excludes halogenated alkanes) is 1. The molecule has 0 aliphatic heterocycles. The molecule has 0 rings (SSSR count). The van der Waals surface area contributed by atoms with Crippen LogP contribution in [0.3, 0.4) is 0 Å². The van der Waals surface area contributed by atoms with E-state index in [4.69, 9.17) is 16.3 Å². The zero-order valence-corrected chi connectivity index (χ0v) is 9.47. The number of hydrogen-bond acceptors (Lipinski definition) is 3. The maximum absolute atomic E-state index is 10.7. The van der Waals surface area contributed by atoms with Crippen molar-refractivity contribution >= 4 is 22.8 Å². The van der Waals surface area contributed by atoms with Gasteiger partial charge in [-0.2, -0.15) is 0 Å². The monoisotopic (exact) mass is 220 g/mol. The summed E-state index contributed by atoms with van der Waals surface area (Å²) < 4.78 is 4.73. The Morgan fingerprint density at radius 3 is 2.43 bits per heavy atom. The third-order valence-electron chi connectivity index (χ3n) is 2.15. The van der Waals surface area contributed by atoms with Gasteiger partial charge in [0.25, 0.3) is 0 Å². The molecule has 0 heterocycles. The van der Waals surface area contributed by atoms with Crippen LogP contribution < -0.4 is 0 Å². The van der Waals surface area contributed by atoms with Gasteiger partial charge in [0.05, 0.1) is 6.61 Å². The molecule has 3 nitrogen and oxygen atoms in total. The highest BCUT2D eigenvalue weighted by Gasteiger charge is 2.14. The van der Waals surface area contributed by atoms with Crippen LogP contribution in [0.25, 0.3) is 0 Å². The zero-order chi connectivity index (χ0) is 11.0. The lowest BCUT2D eigenvalue weighted by molar-refractivity contribution is -0.151. The molecule has 0 aromatic rings. The molecule has 0 amide bonds. The summed E-state index contributed by atoms with van der Waals surface area (Å²) in [6, 6.07) is 0. The number of halogens is 1. The molecule has 4 heteroatoms. The van der Waals surface area contributed by atoms with E-state index < -0.39 is 11.2 Å². The number of esters is 1. The van der Waals surface area contributed by atoms with Crippen LogP contribution in [-0.4, -0.2) is 17.8 Å². The van der Waals surface area contributed by atoms with Gasteiger partial charge in [-0.25, -0.2) is 4.79 Å². The van der Waals surface area contributed by atoms with Crippen LogP contribution >= 0.6 is 11.6 Å². The second kappa shape index (κ2) is 7.80. The molecule has 0 aromatic carbocycles. The SMILES string of the molecule is CCCCC(CC)COC(=O)C(=O)Cl. The molecule has 0 fully saturated rings. The van der Waals surface area contributed by atoms with Crippen LogP contribution in [0.4, 0.5) is 0 Å². The van der Waals surface area contributed by atoms with Gasteiger partial charge in [-0.3, -0.25) is 4.79 Å². The van der Waals surface area contributed by atoms with Crippen molar-refractivity contribution in [3.63, 3.8) is 0 Å². The maximum atomic E-state index is 10.7. The summed E-state index contributed by atoms with van der Waals surface area (Å²) in [5.41, 5.74) is 0. The fourth-order valence-electron chi connectivity index (χ4n) is 1.15. The molecule has 0 bridgehead atoms. The minimum atomic E-state index is -1.05. The first kappa shape index (κ1) is 13.4. The fraction of sp³-hybridized carbons (Fsp3) is 0.800. The first-order valence-electron chi connectivity index (χ1n) is 4.98. The summed E-state index contributed by atoms with van der Waals surface area (Å²) in [5.74, 6) is -0.600. The third-order valence-corrected chi connectivity index (χ3v) is 2.31. The van der Waals surface area contributed by atoms with Gasteiger partial charge in [0, 0.05) is 0 Å². The topological polar surface area (TPSA) is 43.4 Å². The highest BCUT2D eigenvalue weighted by molar-refractivity contribution is 6.80. The van der Waals surface area contributed by atoms with E-state index in [0.29, 0.717) is 12.5 Å². The van der Waals surface area contributed by atoms with Gasteiger partial charge in [-0.05, 0) is 23.9 Å². The van der Waals surface area contributed by atoms with Crippen LogP contribution in [0.1, 0.15) is 39.5 Å². The molecule has 1 unspecified atom stereocenters. The molecule has 0 radical (unpaired) electrons. The van der Waals surface area contributed by atoms with Gasteiger partial charge in [0.1, 0.15) is 0 Å². The first-order chi connectivity index (χ1) is 6.61. The zero-order valence-electron chi connectivity index (χ0n) is 8.72. The van der Waals surface area contributed by atoms with Crippen LogP contribution in [-0.2, 0) is 14.3 Å². The molecule has 0 aliphatic carbocycles. The molecule has 0 aromatic heterocycles. The maximum Gasteiger partial charge on any atom is 0.391 e. The van der Waals surface area contributed by atoms with Crippen molar-refractivity contribution in [1.82, 2.24) is 0 Å². The smallest absolute Gasteiger partial charge is 0.391 e. The molecule has 1 atom stereocenters.